The second-order valence-corrected chi connectivity index (χ2v) is 35.0. The van der Waals surface area contributed by atoms with Gasteiger partial charge in [-0.3, -0.25) is 33.0 Å². The number of aldehydes is 1. The summed E-state index contributed by atoms with van der Waals surface area (Å²) in [4.78, 5) is 90.6. The fourth-order valence-electron chi connectivity index (χ4n) is 20.4. The molecule has 1 N–H and O–H groups in total. The van der Waals surface area contributed by atoms with E-state index in [2.05, 4.69) is 12.2 Å². The van der Waals surface area contributed by atoms with E-state index in [-0.39, 0.29) is 46.4 Å². The van der Waals surface area contributed by atoms with Gasteiger partial charge in [0.1, 0.15) is 23.8 Å². The zero-order chi connectivity index (χ0) is 71.4. The van der Waals surface area contributed by atoms with Crippen molar-refractivity contribution in [3.05, 3.63) is 23.8 Å². The first-order valence-electron chi connectivity index (χ1n) is 39.8. The Kier molecular flexibility index (Phi) is 33.4. The molecule has 13 aliphatic rings. The van der Waals surface area contributed by atoms with Crippen LogP contribution >= 0.6 is 0 Å². The summed E-state index contributed by atoms with van der Waals surface area (Å²) in [6.45, 7) is 0. The second kappa shape index (κ2) is 40.3. The molecule has 0 bridgehead atoms. The first-order valence-corrected chi connectivity index (χ1v) is 41.6. The highest BCUT2D eigenvalue weighted by atomic mass is 32.2. The zero-order valence-electron chi connectivity index (χ0n) is 62.2. The Hall–Kier alpha value is -4.09. The topological polar surface area (TPSA) is 237 Å². The van der Waals surface area contributed by atoms with E-state index in [4.69, 9.17) is 23.1 Å². The molecule has 17 heteroatoms. The van der Waals surface area contributed by atoms with Crippen LogP contribution in [0.5, 0.6) is 0 Å². The van der Waals surface area contributed by atoms with Crippen LogP contribution in [0.4, 0.5) is 0 Å². The maximum absolute atomic E-state index is 12.0. The van der Waals surface area contributed by atoms with E-state index in [1.807, 2.05) is 6.08 Å². The lowest BCUT2D eigenvalue weighted by molar-refractivity contribution is -0.155. The molecule has 99 heavy (non-hydrogen) atoms. The number of methoxy groups -OCH3 is 4. The Labute approximate surface area is 596 Å². The standard InChI is InChI=1S/C14H24O5S.C13H22O3.C13H20O3.C13H20O2.C11H18O.C11H16O.C7H12O/c1-18-13(15)11-10-14(7-4-3-5-8-14)9-6-12(11)19-20(2,16)17;2*1-16-12(15)10-9-13(8-5-11(10)14)6-3-2-4-7-13;1-15-12(14)11-6-5-9-13(10-11)7-3-2-4-8-13;2*12-10-4-8-11(9-5-10)6-2-1-3-7-11;8-6-7-4-2-1-3-5-7/h11-12H,3-10H2,1-2H3;10-11,14H,2-9H2,1H3;10H,2-9H2,1H3;6H,2-5,7-10H2,1H3;1-9H2;4,8H,1-3,5-7,9H2;6-7H,1-5H2. The minimum atomic E-state index is -3.55. The molecule has 13 rings (SSSR count). The van der Waals surface area contributed by atoms with Crippen molar-refractivity contribution in [1.29, 1.82) is 0 Å². The molecule has 11 fully saturated rings. The van der Waals surface area contributed by atoms with E-state index >= 15 is 0 Å². The van der Waals surface area contributed by atoms with Crippen LogP contribution in [0, 0.1) is 56.2 Å². The maximum Gasteiger partial charge on any atom is 0.333 e. The number of Topliss-reactive ketones (excluding diaryl/α,β-unsaturated/α-hetero) is 2. The predicted octanol–water partition coefficient (Wildman–Crippen LogP) is 17.9. The largest absolute Gasteiger partial charge is 0.469 e. The molecule has 562 valence electrons. The molecule has 0 aromatic carbocycles. The second-order valence-electron chi connectivity index (χ2n) is 33.4. The number of ether oxygens (including phenoxy) is 4. The highest BCUT2D eigenvalue weighted by Gasteiger charge is 2.48. The third kappa shape index (κ3) is 25.6. The van der Waals surface area contributed by atoms with Gasteiger partial charge in [-0.1, -0.05) is 147 Å². The first kappa shape index (κ1) is 82.2. The van der Waals surface area contributed by atoms with Gasteiger partial charge in [0.25, 0.3) is 10.1 Å². The summed E-state index contributed by atoms with van der Waals surface area (Å²) in [5, 5.41) is 9.88. The summed E-state index contributed by atoms with van der Waals surface area (Å²) in [5.41, 5.74) is 3.20. The molecule has 0 radical (unpaired) electrons. The summed E-state index contributed by atoms with van der Waals surface area (Å²) < 4.78 is 47.0. The SMILES string of the molecule is COC(=O)C1=CCCC2(CCCCC2)C1.COC(=O)C1CC2(CCCCC2)CCC1=O.COC(=O)C1CC2(CCCCC2)CCC1O.COC(=O)C1CC2(CCCCC2)CCC1OS(C)(=O)=O.O=C1C=CC2(CCCCC2)CC1.O=C1CCC2(CCCCC2)CC1.O=CC1CCCCC1. The molecule has 0 aromatic heterocycles. The van der Waals surface area contributed by atoms with Crippen molar-refractivity contribution in [2.24, 2.45) is 56.2 Å². The average molecular weight is 1410 g/mol. The quantitative estimate of drug-likeness (QED) is 0.0820. The number of aliphatic hydroxyl groups excluding tert-OH is 1. The maximum atomic E-state index is 12.0. The van der Waals surface area contributed by atoms with Gasteiger partial charge in [0.2, 0.25) is 0 Å². The molecule has 0 aliphatic heterocycles. The van der Waals surface area contributed by atoms with Crippen molar-refractivity contribution in [2.45, 2.75) is 353 Å². The van der Waals surface area contributed by atoms with Gasteiger partial charge >= 0.3 is 23.9 Å². The molecular formula is C82H132O16S. The number of allylic oxidation sites excluding steroid dienone is 3. The van der Waals surface area contributed by atoms with Gasteiger partial charge in [0.15, 0.2) is 5.78 Å². The highest BCUT2D eigenvalue weighted by molar-refractivity contribution is 7.86. The van der Waals surface area contributed by atoms with E-state index in [0.29, 0.717) is 58.4 Å². The number of ketones is 3. The molecular weight excluding hydrogens is 1270 g/mol. The van der Waals surface area contributed by atoms with Gasteiger partial charge in [0.05, 0.1) is 58.7 Å². The van der Waals surface area contributed by atoms with Crippen LogP contribution in [-0.4, -0.2) is 108 Å². The Bertz CT molecular complexity index is 2720. The van der Waals surface area contributed by atoms with Crippen LogP contribution in [0.1, 0.15) is 340 Å². The van der Waals surface area contributed by atoms with Crippen LogP contribution in [-0.2, 0) is 71.6 Å². The lowest BCUT2D eigenvalue weighted by Gasteiger charge is -2.45. The molecule has 11 saturated carbocycles. The number of esters is 4. The van der Waals surface area contributed by atoms with E-state index in [1.165, 1.54) is 247 Å². The Morgan fingerprint density at radius 1 is 0.465 bits per heavy atom. The van der Waals surface area contributed by atoms with Crippen molar-refractivity contribution < 1.29 is 75.0 Å². The van der Waals surface area contributed by atoms with Gasteiger partial charge in [-0.25, -0.2) is 4.79 Å². The van der Waals surface area contributed by atoms with Crippen molar-refractivity contribution in [3.63, 3.8) is 0 Å². The Morgan fingerprint density at radius 2 is 0.909 bits per heavy atom. The van der Waals surface area contributed by atoms with Crippen molar-refractivity contribution in [1.82, 2.24) is 0 Å². The molecule has 16 nitrogen and oxygen atoms in total. The molecule has 5 atom stereocenters. The highest BCUT2D eigenvalue weighted by Crippen LogP contribution is 2.54. The zero-order valence-corrected chi connectivity index (χ0v) is 63.0. The van der Waals surface area contributed by atoms with Gasteiger partial charge in [0, 0.05) is 37.2 Å². The monoisotopic (exact) mass is 1400 g/mol. The minimum Gasteiger partial charge on any atom is -0.469 e. The van der Waals surface area contributed by atoms with Crippen LogP contribution in [0.25, 0.3) is 0 Å². The van der Waals surface area contributed by atoms with Gasteiger partial charge in [-0.15, -0.1) is 0 Å². The first-order chi connectivity index (χ1) is 47.5. The van der Waals surface area contributed by atoms with E-state index in [0.717, 1.165) is 121 Å². The number of rotatable bonds is 7. The van der Waals surface area contributed by atoms with Gasteiger partial charge < -0.3 is 28.8 Å². The molecule has 5 unspecified atom stereocenters. The van der Waals surface area contributed by atoms with Crippen molar-refractivity contribution in [3.8, 4) is 0 Å². The van der Waals surface area contributed by atoms with E-state index < -0.39 is 34.2 Å². The normalized spacial score (nSPS) is 28.7. The fraction of sp³-hybridized carbons (Fsp3) is 0.854. The molecule has 6 spiro atoms. The lowest BCUT2D eigenvalue weighted by atomic mass is 9.62. The molecule has 0 heterocycles. The molecule has 13 aliphatic carbocycles. The van der Waals surface area contributed by atoms with Crippen LogP contribution in [0.3, 0.4) is 0 Å². The predicted molar refractivity (Wildman–Crippen MR) is 385 cm³/mol. The summed E-state index contributed by atoms with van der Waals surface area (Å²) in [5.74, 6) is -0.894. The number of carbonyl (C=O) groups is 8. The smallest absolute Gasteiger partial charge is 0.333 e. The average Bonchev–Trinajstić information content (AvgIpc) is 0.813. The van der Waals surface area contributed by atoms with Gasteiger partial charge in [-0.05, 0) is 218 Å². The van der Waals surface area contributed by atoms with Gasteiger partial charge in [-0.2, -0.15) is 8.42 Å². The summed E-state index contributed by atoms with van der Waals surface area (Å²) in [6, 6.07) is 0. The van der Waals surface area contributed by atoms with E-state index in [9.17, 15) is 51.9 Å². The molecule has 0 amide bonds. The Balaban J connectivity index is 0.000000164. The Morgan fingerprint density at radius 3 is 1.37 bits per heavy atom. The van der Waals surface area contributed by atoms with Crippen LogP contribution in [0.2, 0.25) is 0 Å². The summed E-state index contributed by atoms with van der Waals surface area (Å²) in [6.07, 6.45) is 68.8. The summed E-state index contributed by atoms with van der Waals surface area (Å²) in [7, 11) is 2.06. The molecule has 0 saturated heterocycles. The number of hydrogen-bond acceptors (Lipinski definition) is 16. The molecule has 0 aromatic rings. The van der Waals surface area contributed by atoms with Crippen LogP contribution in [0.15, 0.2) is 23.8 Å². The van der Waals surface area contributed by atoms with Crippen molar-refractivity contribution >= 4 is 57.6 Å². The number of aliphatic hydroxyl groups is 1. The third-order valence-electron chi connectivity index (χ3n) is 26.6. The number of carbonyl (C=O) groups excluding carboxylic acids is 8. The summed E-state index contributed by atoms with van der Waals surface area (Å²) >= 11 is 0. The third-order valence-corrected chi connectivity index (χ3v) is 27.2. The lowest BCUT2D eigenvalue weighted by Crippen LogP contribution is -2.43. The number of hydrogen-bond donors (Lipinski definition) is 1. The fourth-order valence-corrected chi connectivity index (χ4v) is 21.1. The van der Waals surface area contributed by atoms with E-state index in [1.54, 1.807) is 0 Å². The minimum absolute atomic E-state index is 0.0862. The van der Waals surface area contributed by atoms with Crippen molar-refractivity contribution in [2.75, 3.05) is 34.7 Å². The van der Waals surface area contributed by atoms with Crippen LogP contribution < -0.4 is 0 Å².